The van der Waals surface area contributed by atoms with Gasteiger partial charge in [-0.3, -0.25) is 38.1 Å². The minimum absolute atomic E-state index is 0.0769. The molecule has 9 aromatic heterocycles. The zero-order valence-corrected chi connectivity index (χ0v) is 46.0. The summed E-state index contributed by atoms with van der Waals surface area (Å²) < 4.78 is 10.3. The van der Waals surface area contributed by atoms with Gasteiger partial charge in [-0.1, -0.05) is 0 Å². The topological polar surface area (TPSA) is 373 Å². The Morgan fingerprint density at radius 1 is 0.434 bits per heavy atom. The second-order valence-electron chi connectivity index (χ2n) is 19.0. The van der Waals surface area contributed by atoms with Gasteiger partial charge in [0.2, 0.25) is 0 Å². The smallest absolute Gasteiger partial charge is 0.349 e. The fourth-order valence-electron chi connectivity index (χ4n) is 6.90. The third kappa shape index (κ3) is 15.3. The van der Waals surface area contributed by atoms with E-state index in [1.165, 1.54) is 26.0 Å². The highest BCUT2D eigenvalue weighted by Gasteiger charge is 2.13. The predicted octanol–water partition coefficient (Wildman–Crippen LogP) is 4.55. The van der Waals surface area contributed by atoms with Crippen molar-refractivity contribution in [2.45, 2.75) is 147 Å². The molecule has 0 radical (unpaired) electrons. The minimum Gasteiger partial charge on any atom is -0.383 e. The summed E-state index contributed by atoms with van der Waals surface area (Å²) in [6.07, 6.45) is 9.86. The van der Waals surface area contributed by atoms with Crippen LogP contribution in [0.5, 0.6) is 0 Å². The third-order valence-electron chi connectivity index (χ3n) is 10.9. The number of rotatable bonds is 6. The standard InChI is InChI=1S/2C9H13N5.C9H12N4O.C8H12N2O2.C7H11N3O.C7H10N2O2/c2*1-5(2)14-4-11-7-8(10)12-6(3)13-9(7)14;1-5(2)13-4-10-7-8(13)11-6(3)12-9(7)14;1-5(2)10-4-6(3)7(11)9-8(10)12;1-5(2)10-4-3-6(8)9-7(10)11;1-5(2)9-4-3-6(10)8-7(9)11/h2*4-5H,1-3H3,(H2,10,12,13);4-5H,1-3H3,(H,11,12,14);4-5H,1-3H3,(H,9,11,12);3-5H,1-2H3,(H2,8,9,11);3-5H,1-2H3,(H,8,10,11). The second-order valence-corrected chi connectivity index (χ2v) is 19.0. The number of nitrogens with one attached hydrogen (secondary N) is 3. The highest BCUT2D eigenvalue weighted by atomic mass is 16.2. The van der Waals surface area contributed by atoms with E-state index >= 15 is 0 Å². The number of nitrogen functional groups attached to an aromatic ring is 3. The van der Waals surface area contributed by atoms with Gasteiger partial charge in [0.1, 0.15) is 34.3 Å². The fourth-order valence-corrected chi connectivity index (χ4v) is 6.90. The number of aromatic nitrogens is 18. The molecule has 0 saturated carbocycles. The van der Waals surface area contributed by atoms with Gasteiger partial charge < -0.3 is 35.9 Å². The molecule has 0 aromatic carbocycles. The molecule has 0 unspecified atom stereocenters. The average Bonchev–Trinajstić information content (AvgIpc) is 4.06. The summed E-state index contributed by atoms with van der Waals surface area (Å²) in [6.45, 7) is 30.8. The van der Waals surface area contributed by atoms with Crippen LogP contribution < -0.4 is 50.9 Å². The van der Waals surface area contributed by atoms with Gasteiger partial charge in [-0.2, -0.15) is 4.98 Å². The van der Waals surface area contributed by atoms with Crippen molar-refractivity contribution in [2.24, 2.45) is 0 Å². The second kappa shape index (κ2) is 25.8. The van der Waals surface area contributed by atoms with Crippen molar-refractivity contribution in [1.29, 1.82) is 0 Å². The molecule has 27 heteroatoms. The van der Waals surface area contributed by atoms with E-state index in [4.69, 9.17) is 17.2 Å². The number of aryl methyl sites for hydroxylation is 4. The summed E-state index contributed by atoms with van der Waals surface area (Å²) in [5.41, 5.74) is 19.6. The van der Waals surface area contributed by atoms with E-state index in [1.807, 2.05) is 82.9 Å². The minimum atomic E-state index is -0.355. The molecule has 0 atom stereocenters. The molecule has 0 aliphatic heterocycles. The number of nitrogens with zero attached hydrogens (tertiary/aromatic N) is 15. The Bertz CT molecular complexity index is 3680. The van der Waals surface area contributed by atoms with E-state index in [0.29, 0.717) is 69.0 Å². The van der Waals surface area contributed by atoms with Gasteiger partial charge >= 0.3 is 17.1 Å². The molecule has 9 rings (SSSR count). The van der Waals surface area contributed by atoms with Gasteiger partial charge in [0.25, 0.3) is 16.7 Å². The number of aromatic amines is 3. The number of imidazole rings is 3. The molecule has 76 heavy (non-hydrogen) atoms. The Morgan fingerprint density at radius 3 is 1.26 bits per heavy atom. The summed E-state index contributed by atoms with van der Waals surface area (Å²) in [5, 5.41) is 0. The number of anilines is 3. The maximum atomic E-state index is 11.5. The van der Waals surface area contributed by atoms with Crippen LogP contribution in [0.2, 0.25) is 0 Å². The first-order chi connectivity index (χ1) is 35.5. The molecule has 0 fully saturated rings. The predicted molar refractivity (Wildman–Crippen MR) is 294 cm³/mol. The van der Waals surface area contributed by atoms with Crippen molar-refractivity contribution in [2.75, 3.05) is 17.2 Å². The first kappa shape index (κ1) is 59.7. The molecule has 0 spiro atoms. The molecule has 0 aliphatic carbocycles. The lowest BCUT2D eigenvalue weighted by Crippen LogP contribution is -2.31. The van der Waals surface area contributed by atoms with Gasteiger partial charge in [-0.15, -0.1) is 0 Å². The zero-order valence-electron chi connectivity index (χ0n) is 46.0. The van der Waals surface area contributed by atoms with Crippen molar-refractivity contribution in [3.63, 3.8) is 0 Å². The van der Waals surface area contributed by atoms with E-state index < -0.39 is 0 Å². The van der Waals surface area contributed by atoms with Crippen molar-refractivity contribution >= 4 is 50.9 Å². The molecular formula is C49H71N21O6. The van der Waals surface area contributed by atoms with E-state index in [9.17, 15) is 28.8 Å². The largest absolute Gasteiger partial charge is 0.383 e. The van der Waals surface area contributed by atoms with Crippen LogP contribution in [0.4, 0.5) is 17.5 Å². The number of H-pyrrole nitrogens is 3. The summed E-state index contributed by atoms with van der Waals surface area (Å²) in [6, 6.07) is 4.15. The molecule has 0 amide bonds. The van der Waals surface area contributed by atoms with Gasteiger partial charge in [-0.25, -0.2) is 54.3 Å². The van der Waals surface area contributed by atoms with E-state index in [0.717, 1.165) is 11.3 Å². The van der Waals surface area contributed by atoms with E-state index in [2.05, 4.69) is 87.5 Å². The van der Waals surface area contributed by atoms with Crippen LogP contribution >= 0.6 is 0 Å². The quantitative estimate of drug-likeness (QED) is 0.133. The summed E-state index contributed by atoms with van der Waals surface area (Å²) in [7, 11) is 0. The van der Waals surface area contributed by atoms with Crippen LogP contribution in [0.3, 0.4) is 0 Å². The third-order valence-corrected chi connectivity index (χ3v) is 10.9. The molecule has 27 nitrogen and oxygen atoms in total. The Kier molecular flexibility index (Phi) is 20.3. The number of hydrogen-bond acceptors (Lipinski definition) is 18. The van der Waals surface area contributed by atoms with Crippen molar-refractivity contribution in [3.05, 3.63) is 135 Å². The van der Waals surface area contributed by atoms with Crippen molar-refractivity contribution < 1.29 is 0 Å². The zero-order chi connectivity index (χ0) is 57.0. The normalized spacial score (nSPS) is 11.0. The first-order valence-corrected chi connectivity index (χ1v) is 24.4. The highest BCUT2D eigenvalue weighted by molar-refractivity contribution is 5.82. The average molecular weight is 1050 g/mol. The van der Waals surface area contributed by atoms with Crippen molar-refractivity contribution in [1.82, 2.24) is 87.2 Å². The lowest BCUT2D eigenvalue weighted by atomic mass is 10.3. The summed E-state index contributed by atoms with van der Waals surface area (Å²) in [4.78, 5) is 110. The Morgan fingerprint density at radius 2 is 0.842 bits per heavy atom. The lowest BCUT2D eigenvalue weighted by molar-refractivity contribution is 0.558. The molecule has 9 aromatic rings. The molecule has 0 aliphatic rings. The van der Waals surface area contributed by atoms with Crippen LogP contribution in [-0.4, -0.2) is 87.2 Å². The summed E-state index contributed by atoms with van der Waals surface area (Å²) >= 11 is 0. The summed E-state index contributed by atoms with van der Waals surface area (Å²) in [5.74, 6) is 3.14. The molecule has 0 saturated heterocycles. The fraction of sp³-hybridized carbons (Fsp3) is 0.449. The monoisotopic (exact) mass is 1050 g/mol. The molecular weight excluding hydrogens is 979 g/mol. The number of hydrogen-bond donors (Lipinski definition) is 6. The molecule has 0 bridgehead atoms. The van der Waals surface area contributed by atoms with Crippen LogP contribution in [-0.2, 0) is 0 Å². The van der Waals surface area contributed by atoms with Gasteiger partial charge in [0.15, 0.2) is 34.1 Å². The molecule has 9 N–H and O–H groups in total. The maximum Gasteiger partial charge on any atom is 0.349 e. The Hall–Kier alpha value is -8.91. The maximum absolute atomic E-state index is 11.5. The Labute approximate surface area is 436 Å². The number of fused-ring (bicyclic) bond motifs is 3. The molecule has 9 heterocycles. The van der Waals surface area contributed by atoms with E-state index in [-0.39, 0.29) is 63.7 Å². The van der Waals surface area contributed by atoms with Gasteiger partial charge in [-0.05, 0) is 117 Å². The van der Waals surface area contributed by atoms with Gasteiger partial charge in [0.05, 0.1) is 19.0 Å². The van der Waals surface area contributed by atoms with Crippen LogP contribution in [0.1, 0.15) is 142 Å². The van der Waals surface area contributed by atoms with E-state index in [1.54, 1.807) is 51.3 Å². The SMILES string of the molecule is CC(C)n1ccc(=O)[nH]c1=O.CC(C)n1ccc(N)nc1=O.Cc1cn(C(C)C)c(=O)[nH]c1=O.Cc1nc(N)c2ncn(C(C)C)c2n1.Cc1nc(N)c2ncn(C(C)C)c2n1.Cc1nc2c(ncn2C(C)C)c(=O)[nH]1. The van der Waals surface area contributed by atoms with Crippen molar-refractivity contribution in [3.8, 4) is 0 Å². The first-order valence-electron chi connectivity index (χ1n) is 24.4. The number of nitrogens with two attached hydrogens (primary N) is 3. The van der Waals surface area contributed by atoms with Gasteiger partial charge in [0, 0.05) is 66.5 Å². The van der Waals surface area contributed by atoms with Crippen LogP contribution in [0.15, 0.2) is 78.5 Å². The molecule has 408 valence electrons. The van der Waals surface area contributed by atoms with Crippen LogP contribution in [0.25, 0.3) is 33.5 Å². The highest BCUT2D eigenvalue weighted by Crippen LogP contribution is 2.20. The lowest BCUT2D eigenvalue weighted by Gasteiger charge is -2.08. The van der Waals surface area contributed by atoms with Crippen LogP contribution in [0, 0.1) is 27.7 Å². The Balaban J connectivity index is 0.000000198.